The van der Waals surface area contributed by atoms with Gasteiger partial charge in [-0.3, -0.25) is 14.4 Å². The number of rotatable bonds is 3. The van der Waals surface area contributed by atoms with Crippen LogP contribution in [-0.4, -0.2) is 53.5 Å². The Morgan fingerprint density at radius 2 is 1.55 bits per heavy atom. The Balaban J connectivity index is 3.01. The first-order chi connectivity index (χ1) is 9.22. The lowest BCUT2D eigenvalue weighted by Gasteiger charge is -2.43. The number of amides is 2. The lowest BCUT2D eigenvalue weighted by atomic mass is 9.94. The van der Waals surface area contributed by atoms with Gasteiger partial charge in [0.15, 0.2) is 6.29 Å². The van der Waals surface area contributed by atoms with E-state index in [-0.39, 0.29) is 5.91 Å². The molecule has 0 aromatic rings. The Bertz CT molecular complexity index is 371. The monoisotopic (exact) mass is 288 g/mol. The molecule has 0 aliphatic carbocycles. The van der Waals surface area contributed by atoms with Crippen molar-refractivity contribution in [2.24, 2.45) is 0 Å². The van der Waals surface area contributed by atoms with Crippen molar-refractivity contribution in [2.45, 2.75) is 58.3 Å². The van der Waals surface area contributed by atoms with Crippen LogP contribution in [0.25, 0.3) is 0 Å². The number of nitrogens with one attached hydrogen (secondary N) is 2. The Kier molecular flexibility index (Phi) is 5.46. The van der Waals surface area contributed by atoms with Crippen molar-refractivity contribution in [2.75, 3.05) is 0 Å². The third-order valence-electron chi connectivity index (χ3n) is 2.92. The Morgan fingerprint density at radius 1 is 1.05 bits per heavy atom. The van der Waals surface area contributed by atoms with Gasteiger partial charge in [0.2, 0.25) is 11.8 Å². The van der Waals surface area contributed by atoms with E-state index in [0.717, 1.165) is 0 Å². The molecule has 8 nitrogen and oxygen atoms in total. The molecule has 1 heterocycles. The van der Waals surface area contributed by atoms with E-state index in [2.05, 4.69) is 10.6 Å². The third kappa shape index (κ3) is 4.17. The van der Waals surface area contributed by atoms with Crippen LogP contribution >= 0.6 is 0 Å². The van der Waals surface area contributed by atoms with Gasteiger partial charge in [0.1, 0.15) is 12.1 Å². The molecule has 0 aromatic heterocycles. The maximum Gasteiger partial charge on any atom is 0.303 e. The Labute approximate surface area is 116 Å². The maximum absolute atomic E-state index is 11.2. The molecule has 0 aromatic carbocycles. The number of esters is 1. The van der Waals surface area contributed by atoms with Gasteiger partial charge < -0.3 is 25.2 Å². The second kappa shape index (κ2) is 6.67. The van der Waals surface area contributed by atoms with Crippen molar-refractivity contribution in [3.8, 4) is 0 Å². The van der Waals surface area contributed by atoms with Gasteiger partial charge in [-0.25, -0.2) is 0 Å². The van der Waals surface area contributed by atoms with Crippen LogP contribution in [-0.2, 0) is 23.9 Å². The van der Waals surface area contributed by atoms with E-state index >= 15 is 0 Å². The van der Waals surface area contributed by atoms with Gasteiger partial charge in [-0.2, -0.15) is 0 Å². The second-order valence-electron chi connectivity index (χ2n) is 4.76. The highest BCUT2D eigenvalue weighted by Gasteiger charge is 2.46. The molecule has 0 bridgehead atoms. The third-order valence-corrected chi connectivity index (χ3v) is 2.92. The zero-order chi connectivity index (χ0) is 15.4. The van der Waals surface area contributed by atoms with Crippen LogP contribution < -0.4 is 10.6 Å². The fourth-order valence-corrected chi connectivity index (χ4v) is 2.20. The molecule has 1 saturated heterocycles. The molecule has 20 heavy (non-hydrogen) atoms. The molecule has 1 fully saturated rings. The fourth-order valence-electron chi connectivity index (χ4n) is 2.20. The van der Waals surface area contributed by atoms with E-state index in [1.807, 2.05) is 0 Å². The molecule has 114 valence electrons. The highest BCUT2D eigenvalue weighted by molar-refractivity contribution is 5.74. The summed E-state index contributed by atoms with van der Waals surface area (Å²) in [6, 6.07) is -1.62. The van der Waals surface area contributed by atoms with Crippen LogP contribution in [0, 0.1) is 0 Å². The molecule has 0 spiro atoms. The number of carbonyl (C=O) groups is 3. The minimum Gasteiger partial charge on any atom is -0.458 e. The van der Waals surface area contributed by atoms with Crippen LogP contribution in [0.1, 0.15) is 27.7 Å². The van der Waals surface area contributed by atoms with Gasteiger partial charge in [0.25, 0.3) is 0 Å². The highest BCUT2D eigenvalue weighted by Crippen LogP contribution is 2.22. The predicted molar refractivity (Wildman–Crippen MR) is 67.3 cm³/mol. The maximum atomic E-state index is 11.2. The van der Waals surface area contributed by atoms with Crippen molar-refractivity contribution < 1.29 is 29.0 Å². The van der Waals surface area contributed by atoms with Gasteiger partial charge in [0, 0.05) is 20.8 Å². The van der Waals surface area contributed by atoms with Crippen molar-refractivity contribution in [1.29, 1.82) is 0 Å². The summed E-state index contributed by atoms with van der Waals surface area (Å²) in [5, 5.41) is 15.0. The summed E-state index contributed by atoms with van der Waals surface area (Å²) in [6.07, 6.45) is -2.83. The average Bonchev–Trinajstić information content (AvgIpc) is 2.27. The Hall–Kier alpha value is -1.67. The summed E-state index contributed by atoms with van der Waals surface area (Å²) >= 11 is 0. The molecule has 0 saturated carbocycles. The Morgan fingerprint density at radius 3 is 2.00 bits per heavy atom. The lowest BCUT2D eigenvalue weighted by Crippen LogP contribution is -2.67. The van der Waals surface area contributed by atoms with Crippen LogP contribution in [0.2, 0.25) is 0 Å². The zero-order valence-electron chi connectivity index (χ0n) is 11.9. The number of aliphatic hydroxyl groups excluding tert-OH is 1. The largest absolute Gasteiger partial charge is 0.458 e. The van der Waals surface area contributed by atoms with Gasteiger partial charge >= 0.3 is 5.97 Å². The molecule has 8 heteroatoms. The molecule has 5 atom stereocenters. The first kappa shape index (κ1) is 16.4. The summed E-state index contributed by atoms with van der Waals surface area (Å²) in [5.74, 6) is -1.33. The fraction of sp³-hybridized carbons (Fsp3) is 0.750. The van der Waals surface area contributed by atoms with Crippen LogP contribution in [0.4, 0.5) is 0 Å². The first-order valence-corrected chi connectivity index (χ1v) is 6.27. The van der Waals surface area contributed by atoms with Gasteiger partial charge in [0.05, 0.1) is 12.1 Å². The topological polar surface area (TPSA) is 114 Å². The minimum absolute atomic E-state index is 0.333. The lowest BCUT2D eigenvalue weighted by molar-refractivity contribution is -0.222. The van der Waals surface area contributed by atoms with E-state index < -0.39 is 42.5 Å². The first-order valence-electron chi connectivity index (χ1n) is 6.27. The predicted octanol–water partition coefficient (Wildman–Crippen LogP) is -1.34. The van der Waals surface area contributed by atoms with Crippen molar-refractivity contribution in [3.05, 3.63) is 0 Å². The molecule has 2 amide bonds. The van der Waals surface area contributed by atoms with E-state index in [4.69, 9.17) is 9.47 Å². The number of hydrogen-bond donors (Lipinski definition) is 3. The second-order valence-corrected chi connectivity index (χ2v) is 4.76. The number of aliphatic hydroxyl groups is 1. The van der Waals surface area contributed by atoms with Gasteiger partial charge in [-0.05, 0) is 6.92 Å². The SMILES string of the molecule is CC(=O)N[C@@H]1[C@H](OC(C)=O)[C@@H](NC(C)=O)C(O)O[C@@H]1C. The zero-order valence-corrected chi connectivity index (χ0v) is 11.9. The van der Waals surface area contributed by atoms with Crippen LogP contribution in [0.15, 0.2) is 0 Å². The summed E-state index contributed by atoms with van der Waals surface area (Å²) in [6.45, 7) is 5.42. The molecule has 1 aliphatic heterocycles. The summed E-state index contributed by atoms with van der Waals surface area (Å²) in [4.78, 5) is 33.7. The van der Waals surface area contributed by atoms with E-state index in [1.54, 1.807) is 6.92 Å². The molecule has 1 rings (SSSR count). The van der Waals surface area contributed by atoms with Gasteiger partial charge in [-0.15, -0.1) is 0 Å². The molecule has 0 radical (unpaired) electrons. The summed E-state index contributed by atoms with van der Waals surface area (Å²) < 4.78 is 10.4. The van der Waals surface area contributed by atoms with Crippen molar-refractivity contribution in [1.82, 2.24) is 10.6 Å². The van der Waals surface area contributed by atoms with E-state index in [0.29, 0.717) is 0 Å². The normalized spacial score (nSPS) is 33.1. The standard InChI is InChI=1S/C12H20N2O6/c1-5-9(13-6(2)15)11(20-8(4)17)10(12(18)19-5)14-7(3)16/h5,9-12,18H,1-4H3,(H,13,15)(H,14,16)/t5-,9+,10-,11+,12?/m1/s1. The molecular formula is C12H20N2O6. The minimum atomic E-state index is -1.33. The molecule has 3 N–H and O–H groups in total. The quantitative estimate of drug-likeness (QED) is 0.554. The van der Waals surface area contributed by atoms with Crippen molar-refractivity contribution >= 4 is 17.8 Å². The number of ether oxygens (including phenoxy) is 2. The molecule has 1 aliphatic rings. The van der Waals surface area contributed by atoms with Crippen LogP contribution in [0.3, 0.4) is 0 Å². The summed E-state index contributed by atoms with van der Waals surface area (Å²) in [7, 11) is 0. The van der Waals surface area contributed by atoms with E-state index in [1.165, 1.54) is 20.8 Å². The smallest absolute Gasteiger partial charge is 0.303 e. The highest BCUT2D eigenvalue weighted by atomic mass is 16.6. The molecular weight excluding hydrogens is 268 g/mol. The molecule has 1 unspecified atom stereocenters. The number of carbonyl (C=O) groups excluding carboxylic acids is 3. The van der Waals surface area contributed by atoms with Crippen molar-refractivity contribution in [3.63, 3.8) is 0 Å². The number of hydrogen-bond acceptors (Lipinski definition) is 6. The average molecular weight is 288 g/mol. The summed E-state index contributed by atoms with van der Waals surface area (Å²) in [5.41, 5.74) is 0. The van der Waals surface area contributed by atoms with Gasteiger partial charge in [-0.1, -0.05) is 0 Å². The van der Waals surface area contributed by atoms with E-state index in [9.17, 15) is 19.5 Å². The van der Waals surface area contributed by atoms with Crippen LogP contribution in [0.5, 0.6) is 0 Å².